The first-order valence-electron chi connectivity index (χ1n) is 12.9. The molecule has 1 aliphatic rings. The third kappa shape index (κ3) is 5.20. The van der Waals surface area contributed by atoms with Crippen LogP contribution in [-0.2, 0) is 4.79 Å². The minimum atomic E-state index is -0.147. The lowest BCUT2D eigenvalue weighted by Gasteiger charge is -2.29. The molecule has 0 radical (unpaired) electrons. The number of nitrogens with one attached hydrogen (secondary N) is 2. The van der Waals surface area contributed by atoms with Gasteiger partial charge in [0.05, 0.1) is 17.8 Å². The van der Waals surface area contributed by atoms with E-state index in [1.807, 2.05) is 50.2 Å². The van der Waals surface area contributed by atoms with Crippen LogP contribution in [0, 0.1) is 27.7 Å². The molecule has 5 rings (SSSR count). The topological polar surface area (TPSA) is 62.2 Å². The van der Waals surface area contributed by atoms with Crippen LogP contribution in [-0.4, -0.2) is 32.0 Å². The Morgan fingerprint density at radius 1 is 0.974 bits per heavy atom. The predicted molar refractivity (Wildman–Crippen MR) is 157 cm³/mol. The van der Waals surface area contributed by atoms with Crippen LogP contribution in [0.4, 0.5) is 5.69 Å². The molecule has 2 aromatic carbocycles. The van der Waals surface area contributed by atoms with Crippen molar-refractivity contribution in [3.8, 4) is 5.69 Å². The first-order chi connectivity index (χ1) is 18.3. The summed E-state index contributed by atoms with van der Waals surface area (Å²) in [4.78, 5) is 19.8. The Morgan fingerprint density at radius 3 is 2.55 bits per heavy atom. The van der Waals surface area contributed by atoms with Gasteiger partial charge in [0, 0.05) is 42.4 Å². The highest BCUT2D eigenvalue weighted by Gasteiger charge is 2.41. The molecule has 3 heterocycles. The zero-order valence-corrected chi connectivity index (χ0v) is 23.0. The molecular formula is C31H33N5OS. The first-order valence-corrected chi connectivity index (χ1v) is 13.3. The number of nitrogens with zero attached hydrogens (tertiary/aromatic N) is 3. The molecule has 2 N–H and O–H groups in total. The van der Waals surface area contributed by atoms with Gasteiger partial charge in [-0.25, -0.2) is 0 Å². The van der Waals surface area contributed by atoms with Gasteiger partial charge in [0.25, 0.3) is 0 Å². The average Bonchev–Trinajstić information content (AvgIpc) is 3.51. The maximum Gasteiger partial charge on any atom is 0.226 e. The largest absolute Gasteiger partial charge is 0.352 e. The molecule has 6 nitrogen and oxygen atoms in total. The number of carbonyl (C=O) groups excluding carboxylic acids is 1. The number of benzene rings is 2. The number of hydrogen-bond donors (Lipinski definition) is 2. The summed E-state index contributed by atoms with van der Waals surface area (Å²) in [5, 5.41) is 7.21. The Kier molecular flexibility index (Phi) is 7.29. The highest BCUT2D eigenvalue weighted by atomic mass is 32.1. The van der Waals surface area contributed by atoms with Crippen molar-refractivity contribution in [2.45, 2.75) is 46.2 Å². The minimum Gasteiger partial charge on any atom is -0.352 e. The minimum absolute atomic E-state index is 0.0360. The molecule has 0 bridgehead atoms. The van der Waals surface area contributed by atoms with E-state index in [-0.39, 0.29) is 18.0 Å². The second-order valence-corrected chi connectivity index (χ2v) is 10.4. The van der Waals surface area contributed by atoms with Crippen LogP contribution in [0.15, 0.2) is 79.1 Å². The Morgan fingerprint density at radius 2 is 1.79 bits per heavy atom. The summed E-state index contributed by atoms with van der Waals surface area (Å²) >= 11 is 5.83. The molecule has 1 saturated heterocycles. The summed E-state index contributed by atoms with van der Waals surface area (Å²) in [5.41, 5.74) is 8.60. The first kappa shape index (κ1) is 25.7. The molecule has 1 fully saturated rings. The van der Waals surface area contributed by atoms with Crippen LogP contribution in [0.3, 0.4) is 0 Å². The SMILES string of the molecule is Cc1ccc(C)c(NC(=O)CCN2C(=S)N[C@@H](c3ccccn3)[C@@H]2c2cccn2-c2ccc(C)c(C)c2)c1. The van der Waals surface area contributed by atoms with Gasteiger partial charge in [0.2, 0.25) is 5.91 Å². The van der Waals surface area contributed by atoms with E-state index in [9.17, 15) is 4.79 Å². The van der Waals surface area contributed by atoms with Crippen molar-refractivity contribution in [1.82, 2.24) is 19.8 Å². The van der Waals surface area contributed by atoms with Gasteiger partial charge in [0.15, 0.2) is 5.11 Å². The van der Waals surface area contributed by atoms with E-state index in [2.05, 4.69) is 75.5 Å². The van der Waals surface area contributed by atoms with Crippen LogP contribution in [0.25, 0.3) is 5.69 Å². The van der Waals surface area contributed by atoms with Gasteiger partial charge >= 0.3 is 0 Å². The van der Waals surface area contributed by atoms with Gasteiger partial charge in [0.1, 0.15) is 0 Å². The molecule has 0 unspecified atom stereocenters. The number of thiocarbonyl (C=S) groups is 1. The van der Waals surface area contributed by atoms with Gasteiger partial charge in [-0.1, -0.05) is 24.3 Å². The molecule has 0 saturated carbocycles. The molecule has 4 aromatic rings. The van der Waals surface area contributed by atoms with Crippen molar-refractivity contribution >= 4 is 28.9 Å². The molecule has 2 aromatic heterocycles. The fourth-order valence-electron chi connectivity index (χ4n) is 5.02. The van der Waals surface area contributed by atoms with Crippen LogP contribution in [0.2, 0.25) is 0 Å². The fraction of sp³-hybridized carbons (Fsp3) is 0.258. The van der Waals surface area contributed by atoms with E-state index >= 15 is 0 Å². The van der Waals surface area contributed by atoms with Crippen LogP contribution in [0.1, 0.15) is 52.1 Å². The summed E-state index contributed by atoms with van der Waals surface area (Å²) in [6, 6.07) is 22.4. The fourth-order valence-corrected chi connectivity index (χ4v) is 5.35. The third-order valence-corrected chi connectivity index (χ3v) is 7.65. The van der Waals surface area contributed by atoms with Crippen LogP contribution >= 0.6 is 12.2 Å². The lowest BCUT2D eigenvalue weighted by Crippen LogP contribution is -2.33. The lowest BCUT2D eigenvalue weighted by molar-refractivity contribution is -0.116. The van der Waals surface area contributed by atoms with Crippen molar-refractivity contribution in [1.29, 1.82) is 0 Å². The van der Waals surface area contributed by atoms with Crippen molar-refractivity contribution in [3.05, 3.63) is 113 Å². The van der Waals surface area contributed by atoms with E-state index in [1.54, 1.807) is 6.20 Å². The number of carbonyl (C=O) groups is 1. The summed E-state index contributed by atoms with van der Waals surface area (Å²) in [6.45, 7) is 8.76. The lowest BCUT2D eigenvalue weighted by atomic mass is 10.0. The predicted octanol–water partition coefficient (Wildman–Crippen LogP) is 6.11. The zero-order valence-electron chi connectivity index (χ0n) is 22.2. The Bertz CT molecular complexity index is 1480. The van der Waals surface area contributed by atoms with E-state index in [1.165, 1.54) is 11.1 Å². The summed E-state index contributed by atoms with van der Waals surface area (Å²) in [6.07, 6.45) is 4.20. The standard InChI is InChI=1S/C31H33N5OS/c1-20-10-11-22(3)26(18-20)33-28(37)14-17-36-30(29(34-31(36)38)25-8-5-6-15-32-25)27-9-7-16-35(27)24-13-12-21(2)23(4)19-24/h5-13,15-16,18-19,29-30H,14,17H2,1-4H3,(H,33,37)(H,34,38)/t29-,30-/m0/s1. The van der Waals surface area contributed by atoms with E-state index in [0.717, 1.165) is 33.9 Å². The molecule has 0 aliphatic carbocycles. The summed E-state index contributed by atoms with van der Waals surface area (Å²) in [5.74, 6) is -0.0360. The maximum atomic E-state index is 13.0. The number of aromatic nitrogens is 2. The van der Waals surface area contributed by atoms with Crippen LogP contribution < -0.4 is 10.6 Å². The molecular weight excluding hydrogens is 490 g/mol. The molecule has 2 atom stereocenters. The van der Waals surface area contributed by atoms with Crippen molar-refractivity contribution in [2.75, 3.05) is 11.9 Å². The average molecular weight is 524 g/mol. The Balaban J connectivity index is 1.45. The second kappa shape index (κ2) is 10.8. The Labute approximate surface area is 229 Å². The number of rotatable bonds is 7. The number of amides is 1. The molecule has 1 aliphatic heterocycles. The monoisotopic (exact) mass is 523 g/mol. The Hall–Kier alpha value is -3.97. The van der Waals surface area contributed by atoms with Gasteiger partial charge < -0.3 is 20.1 Å². The third-order valence-electron chi connectivity index (χ3n) is 7.30. The quantitative estimate of drug-likeness (QED) is 0.286. The maximum absolute atomic E-state index is 13.0. The zero-order chi connectivity index (χ0) is 26.8. The van der Waals surface area contributed by atoms with E-state index in [0.29, 0.717) is 18.1 Å². The van der Waals surface area contributed by atoms with E-state index < -0.39 is 0 Å². The van der Waals surface area contributed by atoms with Crippen molar-refractivity contribution in [3.63, 3.8) is 0 Å². The number of anilines is 1. The molecule has 38 heavy (non-hydrogen) atoms. The van der Waals surface area contributed by atoms with Crippen molar-refractivity contribution < 1.29 is 4.79 Å². The second-order valence-electron chi connectivity index (χ2n) is 10.0. The molecule has 1 amide bonds. The van der Waals surface area contributed by atoms with E-state index in [4.69, 9.17) is 12.2 Å². The van der Waals surface area contributed by atoms with Gasteiger partial charge in [-0.3, -0.25) is 9.78 Å². The summed E-state index contributed by atoms with van der Waals surface area (Å²) < 4.78 is 2.21. The van der Waals surface area contributed by atoms with Gasteiger partial charge in [-0.15, -0.1) is 0 Å². The number of hydrogen-bond acceptors (Lipinski definition) is 3. The summed E-state index contributed by atoms with van der Waals surface area (Å²) in [7, 11) is 0. The number of pyridine rings is 1. The van der Waals surface area contributed by atoms with Gasteiger partial charge in [-0.2, -0.15) is 0 Å². The van der Waals surface area contributed by atoms with Crippen molar-refractivity contribution in [2.24, 2.45) is 0 Å². The highest BCUT2D eigenvalue weighted by Crippen LogP contribution is 2.39. The highest BCUT2D eigenvalue weighted by molar-refractivity contribution is 7.80. The molecule has 0 spiro atoms. The molecule has 7 heteroatoms. The van der Waals surface area contributed by atoms with Gasteiger partial charge in [-0.05, 0) is 105 Å². The van der Waals surface area contributed by atoms with Crippen LogP contribution in [0.5, 0.6) is 0 Å². The normalized spacial score (nSPS) is 16.9. The smallest absolute Gasteiger partial charge is 0.226 e. The molecule has 194 valence electrons. The number of aryl methyl sites for hydroxylation is 4.